The molecule has 22 heavy (non-hydrogen) atoms. The SMILES string of the molecule is Cc1csc(=O)n1CCC(=O)Nc1ccc2[nH]c(=S)oc2c1. The molecule has 0 radical (unpaired) electrons. The first-order valence-corrected chi connectivity index (χ1v) is 7.89. The molecular weight excluding hydrogens is 322 g/mol. The number of nitrogens with one attached hydrogen (secondary N) is 2. The van der Waals surface area contributed by atoms with Crippen molar-refractivity contribution in [2.75, 3.05) is 5.32 Å². The Morgan fingerprint density at radius 3 is 3.05 bits per heavy atom. The number of H-pyrrole nitrogens is 1. The van der Waals surface area contributed by atoms with Crippen molar-refractivity contribution in [2.45, 2.75) is 19.9 Å². The number of rotatable bonds is 4. The van der Waals surface area contributed by atoms with Crippen LogP contribution < -0.4 is 10.2 Å². The molecule has 2 heterocycles. The number of carbonyl (C=O) groups excluding carboxylic acids is 1. The fourth-order valence-electron chi connectivity index (χ4n) is 2.13. The minimum atomic E-state index is -0.161. The average Bonchev–Trinajstić information content (AvgIpc) is 2.98. The van der Waals surface area contributed by atoms with Crippen LogP contribution in [-0.2, 0) is 11.3 Å². The van der Waals surface area contributed by atoms with Gasteiger partial charge < -0.3 is 19.3 Å². The lowest BCUT2D eigenvalue weighted by molar-refractivity contribution is -0.116. The molecule has 0 fully saturated rings. The molecule has 114 valence electrons. The topological polar surface area (TPSA) is 80.0 Å². The Morgan fingerprint density at radius 2 is 2.32 bits per heavy atom. The molecule has 0 saturated heterocycles. The van der Waals surface area contributed by atoms with Crippen molar-refractivity contribution in [3.05, 3.63) is 43.8 Å². The van der Waals surface area contributed by atoms with Gasteiger partial charge in [-0.3, -0.25) is 9.59 Å². The fraction of sp³-hybridized carbons (Fsp3) is 0.214. The summed E-state index contributed by atoms with van der Waals surface area (Å²) in [7, 11) is 0. The third-order valence-electron chi connectivity index (χ3n) is 3.24. The van der Waals surface area contributed by atoms with Crippen molar-refractivity contribution in [3.8, 4) is 0 Å². The largest absolute Gasteiger partial charge is 0.429 e. The summed E-state index contributed by atoms with van der Waals surface area (Å²) < 4.78 is 6.90. The van der Waals surface area contributed by atoms with Crippen LogP contribution in [0.4, 0.5) is 5.69 Å². The second kappa shape index (κ2) is 5.90. The first-order valence-electron chi connectivity index (χ1n) is 6.60. The zero-order chi connectivity index (χ0) is 15.7. The first kappa shape index (κ1) is 14.7. The van der Waals surface area contributed by atoms with E-state index in [-0.39, 0.29) is 17.2 Å². The maximum absolute atomic E-state index is 12.0. The molecule has 1 amide bonds. The second-order valence-corrected chi connectivity index (χ2v) is 6.01. The van der Waals surface area contributed by atoms with E-state index in [1.54, 1.807) is 28.1 Å². The van der Waals surface area contributed by atoms with Gasteiger partial charge in [0.1, 0.15) is 0 Å². The van der Waals surface area contributed by atoms with Crippen molar-refractivity contribution in [2.24, 2.45) is 0 Å². The molecule has 2 aromatic heterocycles. The zero-order valence-corrected chi connectivity index (χ0v) is 13.3. The summed E-state index contributed by atoms with van der Waals surface area (Å²) in [4.78, 5) is 26.7. The molecule has 0 saturated carbocycles. The molecule has 0 aliphatic rings. The molecule has 3 aromatic rings. The number of fused-ring (bicyclic) bond motifs is 1. The highest BCUT2D eigenvalue weighted by atomic mass is 32.1. The Kier molecular flexibility index (Phi) is 3.95. The van der Waals surface area contributed by atoms with Crippen LogP contribution in [-0.4, -0.2) is 15.5 Å². The minimum absolute atomic E-state index is 0.0455. The molecule has 6 nitrogen and oxygen atoms in total. The predicted octanol–water partition coefficient (Wildman–Crippen LogP) is 3.05. The van der Waals surface area contributed by atoms with Crippen molar-refractivity contribution in [1.29, 1.82) is 0 Å². The number of aromatic nitrogens is 2. The Hall–Kier alpha value is -2.19. The van der Waals surface area contributed by atoms with E-state index >= 15 is 0 Å². The lowest BCUT2D eigenvalue weighted by Gasteiger charge is -2.06. The van der Waals surface area contributed by atoms with E-state index in [9.17, 15) is 9.59 Å². The van der Waals surface area contributed by atoms with Gasteiger partial charge in [-0.25, -0.2) is 0 Å². The summed E-state index contributed by atoms with van der Waals surface area (Å²) in [5.41, 5.74) is 2.87. The van der Waals surface area contributed by atoms with Gasteiger partial charge in [0, 0.05) is 35.8 Å². The third kappa shape index (κ3) is 3.02. The number of benzene rings is 1. The molecule has 8 heteroatoms. The smallest absolute Gasteiger partial charge is 0.307 e. The molecule has 2 N–H and O–H groups in total. The van der Waals surface area contributed by atoms with Gasteiger partial charge in [-0.1, -0.05) is 11.3 Å². The van der Waals surface area contributed by atoms with Crippen molar-refractivity contribution >= 4 is 46.2 Å². The number of anilines is 1. The molecular formula is C14H13N3O3S2. The van der Waals surface area contributed by atoms with Gasteiger partial charge in [-0.15, -0.1) is 0 Å². The summed E-state index contributed by atoms with van der Waals surface area (Å²) in [5.74, 6) is -0.161. The zero-order valence-electron chi connectivity index (χ0n) is 11.7. The summed E-state index contributed by atoms with van der Waals surface area (Å²) in [6, 6.07) is 5.27. The lowest BCUT2D eigenvalue weighted by atomic mass is 10.2. The fourth-order valence-corrected chi connectivity index (χ4v) is 3.10. The summed E-state index contributed by atoms with van der Waals surface area (Å²) in [6.45, 7) is 2.22. The van der Waals surface area contributed by atoms with Gasteiger partial charge in [0.2, 0.25) is 5.91 Å². The summed E-state index contributed by atoms with van der Waals surface area (Å²) >= 11 is 6.06. The highest BCUT2D eigenvalue weighted by molar-refractivity contribution is 7.71. The van der Waals surface area contributed by atoms with Gasteiger partial charge >= 0.3 is 4.87 Å². The number of aromatic amines is 1. The Bertz CT molecular complexity index is 948. The number of hydrogen-bond donors (Lipinski definition) is 2. The summed E-state index contributed by atoms with van der Waals surface area (Å²) in [5, 5.41) is 4.57. The standard InChI is InChI=1S/C14H13N3O3S2/c1-8-7-22-14(19)17(8)5-4-12(18)15-9-2-3-10-11(6-9)20-13(21)16-10/h2-3,6-7H,4-5H2,1H3,(H,15,18)(H,16,21). The quantitative estimate of drug-likeness (QED) is 0.718. The molecule has 3 rings (SSSR count). The predicted molar refractivity (Wildman–Crippen MR) is 88.0 cm³/mol. The van der Waals surface area contributed by atoms with E-state index < -0.39 is 0 Å². The van der Waals surface area contributed by atoms with Crippen molar-refractivity contribution in [3.63, 3.8) is 0 Å². The molecule has 0 spiro atoms. The van der Waals surface area contributed by atoms with Crippen LogP contribution in [0, 0.1) is 11.8 Å². The van der Waals surface area contributed by atoms with Crippen LogP contribution in [0.25, 0.3) is 11.1 Å². The van der Waals surface area contributed by atoms with Crippen molar-refractivity contribution in [1.82, 2.24) is 9.55 Å². The summed E-state index contributed by atoms with van der Waals surface area (Å²) in [6.07, 6.45) is 0.228. The highest BCUT2D eigenvalue weighted by Gasteiger charge is 2.08. The number of carbonyl (C=O) groups is 1. The Balaban J connectivity index is 1.67. The molecule has 0 bridgehead atoms. The molecule has 0 unspecified atom stereocenters. The van der Waals surface area contributed by atoms with Crippen LogP contribution in [0.5, 0.6) is 0 Å². The third-order valence-corrected chi connectivity index (χ3v) is 4.31. The number of thiazole rings is 1. The number of aryl methyl sites for hydroxylation is 1. The number of amides is 1. The molecule has 1 aromatic carbocycles. The van der Waals surface area contributed by atoms with E-state index in [1.165, 1.54) is 0 Å². The first-order chi connectivity index (χ1) is 10.5. The maximum Gasteiger partial charge on any atom is 0.307 e. The van der Waals surface area contributed by atoms with E-state index in [0.29, 0.717) is 22.7 Å². The van der Waals surface area contributed by atoms with Crippen LogP contribution in [0.3, 0.4) is 0 Å². The van der Waals surface area contributed by atoms with E-state index in [0.717, 1.165) is 22.5 Å². The average molecular weight is 335 g/mol. The van der Waals surface area contributed by atoms with Gasteiger partial charge in [-0.2, -0.15) is 0 Å². The Labute approximate surface area is 134 Å². The molecule has 0 aliphatic carbocycles. The normalized spacial score (nSPS) is 11.0. The monoisotopic (exact) mass is 335 g/mol. The van der Waals surface area contributed by atoms with E-state index in [1.807, 2.05) is 6.92 Å². The maximum atomic E-state index is 12.0. The van der Waals surface area contributed by atoms with Crippen LogP contribution >= 0.6 is 23.6 Å². The van der Waals surface area contributed by atoms with E-state index in [2.05, 4.69) is 10.3 Å². The second-order valence-electron chi connectivity index (χ2n) is 4.82. The highest BCUT2D eigenvalue weighted by Crippen LogP contribution is 2.18. The number of oxazole rings is 1. The van der Waals surface area contributed by atoms with Gasteiger partial charge in [0.15, 0.2) is 5.58 Å². The van der Waals surface area contributed by atoms with E-state index in [4.69, 9.17) is 16.6 Å². The lowest BCUT2D eigenvalue weighted by Crippen LogP contribution is -2.20. The van der Waals surface area contributed by atoms with Crippen LogP contribution in [0.2, 0.25) is 0 Å². The van der Waals surface area contributed by atoms with Gasteiger partial charge in [0.25, 0.3) is 4.84 Å². The Morgan fingerprint density at radius 1 is 1.50 bits per heavy atom. The van der Waals surface area contributed by atoms with Gasteiger partial charge in [0.05, 0.1) is 5.52 Å². The van der Waals surface area contributed by atoms with Crippen LogP contribution in [0.1, 0.15) is 12.1 Å². The molecule has 0 atom stereocenters. The number of hydrogen-bond acceptors (Lipinski definition) is 5. The number of nitrogens with zero attached hydrogens (tertiary/aromatic N) is 1. The molecule has 0 aliphatic heterocycles. The van der Waals surface area contributed by atoms with Crippen molar-refractivity contribution < 1.29 is 9.21 Å². The van der Waals surface area contributed by atoms with Crippen LogP contribution in [0.15, 0.2) is 32.8 Å². The minimum Gasteiger partial charge on any atom is -0.429 e. The van der Waals surface area contributed by atoms with Gasteiger partial charge in [-0.05, 0) is 31.3 Å².